The Balaban J connectivity index is 0.000000170. The van der Waals surface area contributed by atoms with Gasteiger partial charge >= 0.3 is 0 Å². The molecule has 0 unspecified atom stereocenters. The maximum atomic E-state index is 13.4. The van der Waals surface area contributed by atoms with Crippen molar-refractivity contribution in [1.29, 1.82) is 0 Å². The monoisotopic (exact) mass is 1090 g/mol. The van der Waals surface area contributed by atoms with E-state index in [1.807, 2.05) is 115 Å². The van der Waals surface area contributed by atoms with Crippen LogP contribution in [0.4, 0.5) is 43.4 Å². The van der Waals surface area contributed by atoms with Crippen molar-refractivity contribution in [3.05, 3.63) is 256 Å². The average Bonchev–Trinajstić information content (AvgIpc) is 3.44. The Labute approximate surface area is 452 Å². The number of ether oxygens (including phenoxy) is 3. The molecule has 0 bridgehead atoms. The first-order valence-electron chi connectivity index (χ1n) is 24.3. The molecular weight excluding hydrogens is 1030 g/mol. The van der Waals surface area contributed by atoms with Gasteiger partial charge in [-0.05, 0) is 142 Å². The molecule has 0 aliphatic rings. The number of aromatic hydroxyl groups is 3. The van der Waals surface area contributed by atoms with Crippen molar-refractivity contribution in [3.63, 3.8) is 0 Å². The molecule has 6 N–H and O–H groups in total. The highest BCUT2D eigenvalue weighted by atomic mass is 35.5. The maximum Gasteiger partial charge on any atom is 0.202 e. The Morgan fingerprint density at radius 1 is 0.397 bits per heavy atom. The van der Waals surface area contributed by atoms with E-state index in [4.69, 9.17) is 25.8 Å². The van der Waals surface area contributed by atoms with Crippen molar-refractivity contribution >= 4 is 28.7 Å². The summed E-state index contributed by atoms with van der Waals surface area (Å²) < 4.78 is 96.7. The minimum absolute atomic E-state index is 0.0789. The van der Waals surface area contributed by atoms with Gasteiger partial charge in [0.15, 0.2) is 34.7 Å². The number of rotatable bonds is 16. The lowest BCUT2D eigenvalue weighted by molar-refractivity contribution is 0.306. The van der Waals surface area contributed by atoms with Gasteiger partial charge in [-0.25, -0.2) is 13.2 Å². The number of anilines is 3. The van der Waals surface area contributed by atoms with Crippen molar-refractivity contribution in [1.82, 2.24) is 0 Å². The van der Waals surface area contributed by atoms with E-state index < -0.39 is 52.2 Å². The van der Waals surface area contributed by atoms with Gasteiger partial charge in [-0.2, -0.15) is 13.2 Å². The Hall–Kier alpha value is -8.95. The molecule has 0 aliphatic heterocycles. The fourth-order valence-electron chi connectivity index (χ4n) is 7.36. The van der Waals surface area contributed by atoms with Crippen LogP contribution in [0.1, 0.15) is 48.6 Å². The number of halogens is 7. The number of benzene rings is 9. The van der Waals surface area contributed by atoms with Gasteiger partial charge in [0.1, 0.15) is 35.4 Å². The smallest absolute Gasteiger partial charge is 0.202 e. The predicted octanol–water partition coefficient (Wildman–Crippen LogP) is 17.0. The van der Waals surface area contributed by atoms with Gasteiger partial charge in [0.05, 0.1) is 17.1 Å². The van der Waals surface area contributed by atoms with E-state index in [-0.39, 0.29) is 22.5 Å². The molecule has 0 fully saturated rings. The zero-order valence-electron chi connectivity index (χ0n) is 42.4. The van der Waals surface area contributed by atoms with Crippen molar-refractivity contribution < 1.29 is 55.9 Å². The van der Waals surface area contributed by atoms with E-state index in [9.17, 15) is 41.7 Å². The lowest BCUT2D eigenvalue weighted by Crippen LogP contribution is -2.10. The van der Waals surface area contributed by atoms with Gasteiger partial charge in [-0.15, -0.1) is 0 Å². The van der Waals surface area contributed by atoms with Crippen LogP contribution in [0, 0.1) is 34.9 Å². The fourth-order valence-corrected chi connectivity index (χ4v) is 7.49. The Morgan fingerprint density at radius 3 is 1.15 bits per heavy atom. The molecular formula is C62H54ClF6N3O6. The summed E-state index contributed by atoms with van der Waals surface area (Å²) >= 11 is 5.84. The molecule has 9 rings (SSSR count). The summed E-state index contributed by atoms with van der Waals surface area (Å²) in [5, 5.41) is 38.2. The molecule has 0 saturated carbocycles. The van der Waals surface area contributed by atoms with Crippen LogP contribution in [-0.4, -0.2) is 15.3 Å². The van der Waals surface area contributed by atoms with Crippen LogP contribution in [-0.2, 0) is 31.7 Å². The third-order valence-corrected chi connectivity index (χ3v) is 11.9. The quantitative estimate of drug-likeness (QED) is 0.0415. The SMILES string of the molecule is CC(C)(C)c1ccc(Oc2cccc(CNc3ccc(F)c(F)c3O)c2)cc1.Oc1c(NCc2cccc(OCc3ccccc3)c2)ccc(F)c1F.Oc1c(NCc2cccc(Oc3ccc(Cl)cc3)c2)ccc(F)c1F. The Morgan fingerprint density at radius 2 is 0.756 bits per heavy atom. The molecule has 0 radical (unpaired) electrons. The highest BCUT2D eigenvalue weighted by molar-refractivity contribution is 6.30. The molecule has 9 aromatic carbocycles. The number of phenolic OH excluding ortho intramolecular Hbond substituents is 3. The second kappa shape index (κ2) is 26.7. The van der Waals surface area contributed by atoms with Crippen molar-refractivity contribution in [3.8, 4) is 46.0 Å². The molecule has 0 aliphatic carbocycles. The summed E-state index contributed by atoms with van der Waals surface area (Å²) in [4.78, 5) is 0. The minimum atomic E-state index is -1.27. The van der Waals surface area contributed by atoms with E-state index in [1.54, 1.807) is 36.4 Å². The first-order valence-corrected chi connectivity index (χ1v) is 24.7. The van der Waals surface area contributed by atoms with Gasteiger partial charge in [0.2, 0.25) is 17.5 Å². The summed E-state index contributed by atoms with van der Waals surface area (Å²) in [5.74, 6) is -5.89. The molecule has 0 heterocycles. The molecule has 0 atom stereocenters. The Kier molecular flexibility index (Phi) is 19.4. The zero-order chi connectivity index (χ0) is 55.8. The van der Waals surface area contributed by atoms with Gasteiger partial charge < -0.3 is 45.5 Å². The van der Waals surface area contributed by atoms with Crippen LogP contribution in [0.25, 0.3) is 0 Å². The van der Waals surface area contributed by atoms with E-state index in [0.29, 0.717) is 54.3 Å². The van der Waals surface area contributed by atoms with Crippen LogP contribution in [0.5, 0.6) is 46.0 Å². The van der Waals surface area contributed by atoms with Crippen LogP contribution < -0.4 is 30.2 Å². The summed E-state index contributed by atoms with van der Waals surface area (Å²) in [6.45, 7) is 7.89. The first-order chi connectivity index (χ1) is 37.4. The van der Waals surface area contributed by atoms with Gasteiger partial charge in [0, 0.05) is 24.7 Å². The minimum Gasteiger partial charge on any atom is -0.503 e. The van der Waals surface area contributed by atoms with E-state index in [1.165, 1.54) is 23.8 Å². The van der Waals surface area contributed by atoms with Gasteiger partial charge in [-0.1, -0.05) is 111 Å². The second-order valence-electron chi connectivity index (χ2n) is 18.5. The Bertz CT molecular complexity index is 3420. The maximum absolute atomic E-state index is 13.4. The van der Waals surface area contributed by atoms with Crippen LogP contribution >= 0.6 is 11.6 Å². The number of hydrogen-bond acceptors (Lipinski definition) is 9. The van der Waals surface area contributed by atoms with E-state index in [0.717, 1.165) is 46.2 Å². The van der Waals surface area contributed by atoms with Gasteiger partial charge in [0.25, 0.3) is 0 Å². The largest absolute Gasteiger partial charge is 0.503 e. The van der Waals surface area contributed by atoms with Crippen molar-refractivity contribution in [2.24, 2.45) is 0 Å². The van der Waals surface area contributed by atoms with Gasteiger partial charge in [-0.3, -0.25) is 0 Å². The summed E-state index contributed by atoms with van der Waals surface area (Å²) in [5.41, 5.74) is 5.34. The summed E-state index contributed by atoms with van der Waals surface area (Å²) in [6, 6.07) is 53.6. The van der Waals surface area contributed by atoms with Crippen LogP contribution in [0.15, 0.2) is 188 Å². The molecule has 0 amide bonds. The van der Waals surface area contributed by atoms with E-state index in [2.05, 4.69) is 36.7 Å². The topological polar surface area (TPSA) is 124 Å². The molecule has 9 aromatic rings. The lowest BCUT2D eigenvalue weighted by Gasteiger charge is -2.19. The van der Waals surface area contributed by atoms with E-state index >= 15 is 0 Å². The molecule has 78 heavy (non-hydrogen) atoms. The summed E-state index contributed by atoms with van der Waals surface area (Å²) in [6.07, 6.45) is 0. The molecule has 9 nitrogen and oxygen atoms in total. The number of nitrogens with one attached hydrogen (secondary N) is 3. The molecule has 0 aromatic heterocycles. The standard InChI is InChI=1S/C23H23F2NO2.C20H17F2NO2.C19H14ClF2NO2/c1-23(2,3)16-7-9-17(10-8-16)28-18-6-4-5-15(13-18)14-26-20-12-11-19(24)21(25)22(20)27;21-17-9-10-18(20(24)19(17)22)23-12-15-7-4-8-16(11-15)25-13-14-5-2-1-3-6-14;20-13-4-6-14(7-5-13)25-15-3-1-2-12(10-15)11-23-17-9-8-16(21)18(22)19(17)24/h4-13,26-27H,14H2,1-3H3;1-11,23-24H,12-13H2;1-10,23-24H,11H2. The average molecular weight is 1090 g/mol. The highest BCUT2D eigenvalue weighted by Crippen LogP contribution is 2.33. The number of hydrogen-bond donors (Lipinski definition) is 6. The summed E-state index contributed by atoms with van der Waals surface area (Å²) in [7, 11) is 0. The molecule has 0 saturated heterocycles. The zero-order valence-corrected chi connectivity index (χ0v) is 43.2. The van der Waals surface area contributed by atoms with Crippen LogP contribution in [0.2, 0.25) is 5.02 Å². The third-order valence-electron chi connectivity index (χ3n) is 11.6. The second-order valence-corrected chi connectivity index (χ2v) is 18.9. The predicted molar refractivity (Wildman–Crippen MR) is 293 cm³/mol. The highest BCUT2D eigenvalue weighted by Gasteiger charge is 2.16. The molecule has 402 valence electrons. The normalized spacial score (nSPS) is 10.8. The van der Waals surface area contributed by atoms with Crippen molar-refractivity contribution in [2.45, 2.75) is 52.4 Å². The van der Waals surface area contributed by atoms with Crippen molar-refractivity contribution in [2.75, 3.05) is 16.0 Å². The molecule has 0 spiro atoms. The molecule has 16 heteroatoms. The van der Waals surface area contributed by atoms with Crippen LogP contribution in [0.3, 0.4) is 0 Å². The number of phenols is 3. The first kappa shape index (κ1) is 56.8. The fraction of sp³-hybridized carbons (Fsp3) is 0.129. The third kappa shape index (κ3) is 16.3. The lowest BCUT2D eigenvalue weighted by atomic mass is 9.87.